The summed E-state index contributed by atoms with van der Waals surface area (Å²) in [6.45, 7) is 0. The third-order valence-electron chi connectivity index (χ3n) is 12.3. The molecule has 0 saturated carbocycles. The molecule has 12 rings (SSSR count). The zero-order valence-corrected chi connectivity index (χ0v) is 32.8. The Hall–Kier alpha value is -8.64. The number of fused-ring (bicyclic) bond motifs is 9. The molecule has 0 amide bonds. The van der Waals surface area contributed by atoms with Crippen LogP contribution in [0.15, 0.2) is 200 Å². The van der Waals surface area contributed by atoms with Gasteiger partial charge < -0.3 is 13.7 Å². The average molecular weight is 776 g/mol. The first-order chi connectivity index (χ1) is 30.2. The Labute approximate surface area is 351 Å². The second kappa shape index (κ2) is 13.5. The van der Waals surface area contributed by atoms with Crippen LogP contribution in [0.2, 0.25) is 0 Å². The van der Waals surface area contributed by atoms with E-state index >= 15 is 0 Å². The molecule has 0 N–H and O–H groups in total. The van der Waals surface area contributed by atoms with E-state index in [1.165, 1.54) is 32.6 Å². The Morgan fingerprint density at radius 2 is 0.607 bits per heavy atom. The normalized spacial score (nSPS) is 11.6. The number of nitriles is 2. The highest BCUT2D eigenvalue weighted by Crippen LogP contribution is 2.41. The van der Waals surface area contributed by atoms with Crippen molar-refractivity contribution < 1.29 is 0 Å². The number of hydrogen-bond donors (Lipinski definition) is 0. The van der Waals surface area contributed by atoms with Crippen LogP contribution in [0.5, 0.6) is 0 Å². The van der Waals surface area contributed by atoms with Crippen LogP contribution in [0.1, 0.15) is 11.1 Å². The van der Waals surface area contributed by atoms with Gasteiger partial charge in [-0.2, -0.15) is 10.5 Å². The number of benzene rings is 9. The topological polar surface area (TPSA) is 62.4 Å². The van der Waals surface area contributed by atoms with E-state index in [9.17, 15) is 10.5 Å². The fourth-order valence-corrected chi connectivity index (χ4v) is 9.60. The molecular formula is C56H33N5. The largest absolute Gasteiger partial charge is 0.309 e. The van der Waals surface area contributed by atoms with Crippen LogP contribution < -0.4 is 0 Å². The Kier molecular flexibility index (Phi) is 7.59. The maximum atomic E-state index is 10.4. The number of aromatic nitrogens is 3. The Balaban J connectivity index is 1.08. The molecule has 0 saturated heterocycles. The summed E-state index contributed by atoms with van der Waals surface area (Å²) in [6.07, 6.45) is 0. The second-order valence-corrected chi connectivity index (χ2v) is 15.6. The van der Waals surface area contributed by atoms with Crippen LogP contribution in [0.25, 0.3) is 105 Å². The fraction of sp³-hybridized carbons (Fsp3) is 0. The fourth-order valence-electron chi connectivity index (χ4n) is 9.60. The lowest BCUT2D eigenvalue weighted by Gasteiger charge is -2.12. The molecule has 0 fully saturated rings. The van der Waals surface area contributed by atoms with Gasteiger partial charge in [0.25, 0.3) is 0 Å². The minimum atomic E-state index is 0.450. The van der Waals surface area contributed by atoms with E-state index in [1.807, 2.05) is 0 Å². The van der Waals surface area contributed by atoms with Crippen molar-refractivity contribution in [1.82, 2.24) is 13.7 Å². The first-order valence-corrected chi connectivity index (χ1v) is 20.4. The molecule has 0 atom stereocenters. The first-order valence-electron chi connectivity index (χ1n) is 20.4. The summed E-state index contributed by atoms with van der Waals surface area (Å²) >= 11 is 0. The van der Waals surface area contributed by atoms with Gasteiger partial charge in [0.1, 0.15) is 12.1 Å². The van der Waals surface area contributed by atoms with Gasteiger partial charge >= 0.3 is 0 Å². The van der Waals surface area contributed by atoms with Gasteiger partial charge in [0, 0.05) is 43.7 Å². The minimum Gasteiger partial charge on any atom is -0.309 e. The number of rotatable bonds is 5. The Bertz CT molecular complexity index is 3590. The smallest absolute Gasteiger partial charge is 0.101 e. The SMILES string of the molecule is N#Cc1cccc(C#N)c1-n1c2ccc(-c3ccc4c(c3)c3ccccc3n4-c3ccccc3)cc2c2cc(-c3ccc4c(c3)c3ccccc3n4-c3ccccc3)ccc21. The van der Waals surface area contributed by atoms with Gasteiger partial charge in [0.15, 0.2) is 0 Å². The highest BCUT2D eigenvalue weighted by atomic mass is 15.0. The van der Waals surface area contributed by atoms with Crippen molar-refractivity contribution in [2.45, 2.75) is 0 Å². The van der Waals surface area contributed by atoms with E-state index in [0.717, 1.165) is 66.5 Å². The van der Waals surface area contributed by atoms with Crippen molar-refractivity contribution in [3.63, 3.8) is 0 Å². The summed E-state index contributed by atoms with van der Waals surface area (Å²) in [5.74, 6) is 0. The summed E-state index contributed by atoms with van der Waals surface area (Å²) in [5.41, 5.74) is 14.6. The third kappa shape index (κ3) is 5.18. The van der Waals surface area contributed by atoms with E-state index in [2.05, 4.69) is 208 Å². The summed E-state index contributed by atoms with van der Waals surface area (Å²) in [7, 11) is 0. The third-order valence-corrected chi connectivity index (χ3v) is 12.3. The number of nitrogens with zero attached hydrogens (tertiary/aromatic N) is 5. The first kappa shape index (κ1) is 34.4. The maximum absolute atomic E-state index is 10.4. The van der Waals surface area contributed by atoms with Crippen LogP contribution in [-0.2, 0) is 0 Å². The zero-order valence-electron chi connectivity index (χ0n) is 32.8. The van der Waals surface area contributed by atoms with E-state index in [0.29, 0.717) is 16.8 Å². The molecular weight excluding hydrogens is 743 g/mol. The minimum absolute atomic E-state index is 0.450. The standard InChI is InChI=1S/C56H33N5/c57-34-40-12-11-13-41(35-58)56(40)61-54-28-24-38(36-22-26-52-46(30-36)44-18-7-9-20-50(44)59(52)42-14-3-1-4-15-42)32-48(54)49-33-39(25-29-55(49)61)37-23-27-53-47(31-37)45-19-8-10-21-51(45)60(53)43-16-5-2-6-17-43/h1-33H. The Morgan fingerprint density at radius 1 is 0.279 bits per heavy atom. The van der Waals surface area contributed by atoms with E-state index < -0.39 is 0 Å². The number of hydrogen-bond acceptors (Lipinski definition) is 2. The predicted molar refractivity (Wildman–Crippen MR) is 250 cm³/mol. The van der Waals surface area contributed by atoms with Crippen molar-refractivity contribution >= 4 is 65.4 Å². The molecule has 0 radical (unpaired) electrons. The molecule has 3 aromatic heterocycles. The summed E-state index contributed by atoms with van der Waals surface area (Å²) in [4.78, 5) is 0. The van der Waals surface area contributed by atoms with Gasteiger partial charge in [-0.05, 0) is 119 Å². The van der Waals surface area contributed by atoms with Crippen molar-refractivity contribution in [3.05, 3.63) is 211 Å². The second-order valence-electron chi connectivity index (χ2n) is 15.6. The van der Waals surface area contributed by atoms with Gasteiger partial charge in [-0.3, -0.25) is 0 Å². The van der Waals surface area contributed by atoms with Crippen molar-refractivity contribution in [3.8, 4) is 51.5 Å². The molecule has 9 aromatic carbocycles. The lowest BCUT2D eigenvalue weighted by molar-refractivity contribution is 1.15. The van der Waals surface area contributed by atoms with Crippen LogP contribution >= 0.6 is 0 Å². The van der Waals surface area contributed by atoms with Crippen molar-refractivity contribution in [2.75, 3.05) is 0 Å². The average Bonchev–Trinajstić information content (AvgIpc) is 3.96. The van der Waals surface area contributed by atoms with Crippen molar-refractivity contribution in [1.29, 1.82) is 10.5 Å². The van der Waals surface area contributed by atoms with E-state index in [-0.39, 0.29) is 0 Å². The van der Waals surface area contributed by atoms with Gasteiger partial charge in [-0.25, -0.2) is 0 Å². The summed E-state index contributed by atoms with van der Waals surface area (Å²) in [5, 5.41) is 27.6. The van der Waals surface area contributed by atoms with Crippen molar-refractivity contribution in [2.24, 2.45) is 0 Å². The van der Waals surface area contributed by atoms with Crippen LogP contribution in [0.4, 0.5) is 0 Å². The predicted octanol–water partition coefficient (Wildman–Crippen LogP) is 14.1. The molecule has 61 heavy (non-hydrogen) atoms. The molecule has 0 unspecified atom stereocenters. The van der Waals surface area contributed by atoms with Gasteiger partial charge in [0.05, 0.1) is 49.9 Å². The molecule has 282 valence electrons. The lowest BCUT2D eigenvalue weighted by Crippen LogP contribution is -2.01. The molecule has 0 spiro atoms. The van der Waals surface area contributed by atoms with Gasteiger partial charge in [0.2, 0.25) is 0 Å². The van der Waals surface area contributed by atoms with Gasteiger partial charge in [-0.1, -0.05) is 103 Å². The van der Waals surface area contributed by atoms with E-state index in [1.54, 1.807) is 18.2 Å². The molecule has 5 nitrogen and oxygen atoms in total. The quantitative estimate of drug-likeness (QED) is 0.175. The maximum Gasteiger partial charge on any atom is 0.101 e. The molecule has 5 heteroatoms. The lowest BCUT2D eigenvalue weighted by atomic mass is 9.98. The van der Waals surface area contributed by atoms with Crippen LogP contribution in [0.3, 0.4) is 0 Å². The zero-order chi connectivity index (χ0) is 40.6. The molecule has 3 heterocycles. The summed E-state index contributed by atoms with van der Waals surface area (Å²) in [6, 6.07) is 75.0. The molecule has 0 aliphatic heterocycles. The monoisotopic (exact) mass is 775 g/mol. The molecule has 0 bridgehead atoms. The molecule has 0 aliphatic carbocycles. The summed E-state index contributed by atoms with van der Waals surface area (Å²) < 4.78 is 6.77. The van der Waals surface area contributed by atoms with Crippen LogP contribution in [0, 0.1) is 22.7 Å². The highest BCUT2D eigenvalue weighted by Gasteiger charge is 2.21. The molecule has 12 aromatic rings. The van der Waals surface area contributed by atoms with E-state index in [4.69, 9.17) is 0 Å². The molecule has 0 aliphatic rings. The van der Waals surface area contributed by atoms with Crippen LogP contribution in [-0.4, -0.2) is 13.7 Å². The highest BCUT2D eigenvalue weighted by molar-refractivity contribution is 6.15. The number of para-hydroxylation sites is 5. The van der Waals surface area contributed by atoms with Gasteiger partial charge in [-0.15, -0.1) is 0 Å². The Morgan fingerprint density at radius 3 is 1.00 bits per heavy atom.